The summed E-state index contributed by atoms with van der Waals surface area (Å²) in [5.74, 6) is -1.03. The molecule has 0 saturated carbocycles. The molecule has 0 spiro atoms. The Morgan fingerprint density at radius 3 is 2.32 bits per heavy atom. The number of fused-ring (bicyclic) bond motifs is 1. The van der Waals surface area contributed by atoms with E-state index in [-0.39, 0.29) is 30.1 Å². The maximum Gasteiger partial charge on any atom is 0.282 e. The van der Waals surface area contributed by atoms with Crippen molar-refractivity contribution in [3.63, 3.8) is 0 Å². The predicted octanol–water partition coefficient (Wildman–Crippen LogP) is 2.96. The summed E-state index contributed by atoms with van der Waals surface area (Å²) >= 11 is 0. The largest absolute Gasteiger partial charge is 0.395 e. The standard InChI is InChI=1S/C23H19N3O5/c1-24(13-14-27)21-20(16-9-11-17(12-10-16)26(30)31)22(28)25(23(21)29)19-8-4-6-15-5-2-3-7-18(15)19/h2-12,27H,13-14H2,1H3. The molecule has 1 heterocycles. The lowest BCUT2D eigenvalue weighted by Crippen LogP contribution is -2.35. The first-order valence-electron chi connectivity index (χ1n) is 9.61. The van der Waals surface area contributed by atoms with Gasteiger partial charge in [0.05, 0.1) is 22.8 Å². The second kappa shape index (κ2) is 8.00. The van der Waals surface area contributed by atoms with Gasteiger partial charge in [0.15, 0.2) is 0 Å². The molecule has 0 radical (unpaired) electrons. The summed E-state index contributed by atoms with van der Waals surface area (Å²) in [6.45, 7) is -0.0580. The van der Waals surface area contributed by atoms with Crippen molar-refractivity contribution in [1.82, 2.24) is 4.90 Å². The van der Waals surface area contributed by atoms with Gasteiger partial charge < -0.3 is 10.0 Å². The van der Waals surface area contributed by atoms with Gasteiger partial charge in [-0.25, -0.2) is 4.90 Å². The number of hydrogen-bond donors (Lipinski definition) is 1. The second-order valence-electron chi connectivity index (χ2n) is 7.12. The highest BCUT2D eigenvalue weighted by atomic mass is 16.6. The molecular formula is C23H19N3O5. The van der Waals surface area contributed by atoms with Crippen LogP contribution < -0.4 is 4.90 Å². The predicted molar refractivity (Wildman–Crippen MR) is 116 cm³/mol. The number of aliphatic hydroxyl groups excluding tert-OH is 1. The van der Waals surface area contributed by atoms with Crippen LogP contribution in [0.25, 0.3) is 16.3 Å². The van der Waals surface area contributed by atoms with Gasteiger partial charge in [-0.2, -0.15) is 0 Å². The van der Waals surface area contributed by atoms with Crippen molar-refractivity contribution < 1.29 is 19.6 Å². The number of carbonyl (C=O) groups is 2. The van der Waals surface area contributed by atoms with Crippen LogP contribution in [0.15, 0.2) is 72.4 Å². The number of anilines is 1. The molecule has 31 heavy (non-hydrogen) atoms. The quantitative estimate of drug-likeness (QED) is 0.376. The Balaban J connectivity index is 1.87. The number of rotatable bonds is 6. The number of imide groups is 1. The topological polar surface area (TPSA) is 104 Å². The van der Waals surface area contributed by atoms with Crippen LogP contribution in [0.5, 0.6) is 0 Å². The van der Waals surface area contributed by atoms with E-state index in [4.69, 9.17) is 0 Å². The van der Waals surface area contributed by atoms with Crippen LogP contribution in [0.3, 0.4) is 0 Å². The van der Waals surface area contributed by atoms with Crippen molar-refractivity contribution >= 4 is 39.5 Å². The first kappa shape index (κ1) is 20.2. The zero-order chi connectivity index (χ0) is 22.1. The second-order valence-corrected chi connectivity index (χ2v) is 7.12. The number of nitro benzene ring substituents is 1. The normalized spacial score (nSPS) is 13.9. The monoisotopic (exact) mass is 417 g/mol. The average molecular weight is 417 g/mol. The molecule has 8 nitrogen and oxygen atoms in total. The lowest BCUT2D eigenvalue weighted by Gasteiger charge is -2.21. The zero-order valence-electron chi connectivity index (χ0n) is 16.7. The van der Waals surface area contributed by atoms with Gasteiger partial charge in [0.1, 0.15) is 5.70 Å². The molecule has 2 amide bonds. The zero-order valence-corrected chi connectivity index (χ0v) is 16.7. The summed E-state index contributed by atoms with van der Waals surface area (Å²) in [4.78, 5) is 40.1. The molecule has 0 bridgehead atoms. The lowest BCUT2D eigenvalue weighted by molar-refractivity contribution is -0.384. The Labute approximate surface area is 177 Å². The van der Waals surface area contributed by atoms with Crippen LogP contribution in [0.4, 0.5) is 11.4 Å². The Morgan fingerprint density at radius 2 is 1.65 bits per heavy atom. The van der Waals surface area contributed by atoms with Crippen molar-refractivity contribution in [3.8, 4) is 0 Å². The number of likely N-dealkylation sites (N-methyl/N-ethyl adjacent to an activating group) is 1. The highest BCUT2D eigenvalue weighted by Gasteiger charge is 2.42. The van der Waals surface area contributed by atoms with Gasteiger partial charge in [-0.15, -0.1) is 0 Å². The van der Waals surface area contributed by atoms with Gasteiger partial charge in [0.2, 0.25) is 0 Å². The molecule has 4 rings (SSSR count). The van der Waals surface area contributed by atoms with Gasteiger partial charge in [0, 0.05) is 31.1 Å². The molecule has 156 valence electrons. The molecule has 0 fully saturated rings. The van der Waals surface area contributed by atoms with Crippen LogP contribution >= 0.6 is 0 Å². The SMILES string of the molecule is CN(CCO)C1=C(c2ccc([N+](=O)[O-])cc2)C(=O)N(c2cccc3ccccc23)C1=O. The number of hydrogen-bond acceptors (Lipinski definition) is 6. The fourth-order valence-electron chi connectivity index (χ4n) is 3.77. The maximum atomic E-state index is 13.5. The number of amides is 2. The summed E-state index contributed by atoms with van der Waals surface area (Å²) in [7, 11) is 1.62. The van der Waals surface area contributed by atoms with E-state index in [2.05, 4.69) is 0 Å². The molecule has 0 unspecified atom stereocenters. The molecule has 8 heteroatoms. The summed E-state index contributed by atoms with van der Waals surface area (Å²) in [5.41, 5.74) is 1.02. The minimum absolute atomic E-state index is 0.114. The van der Waals surface area contributed by atoms with Crippen LogP contribution in [0.1, 0.15) is 5.56 Å². The molecule has 1 aliphatic rings. The third-order valence-electron chi connectivity index (χ3n) is 5.25. The molecule has 0 atom stereocenters. The van der Waals surface area contributed by atoms with Crippen molar-refractivity contribution in [3.05, 3.63) is 88.1 Å². The third-order valence-corrected chi connectivity index (χ3v) is 5.25. The maximum absolute atomic E-state index is 13.5. The van der Waals surface area contributed by atoms with Gasteiger partial charge in [0.25, 0.3) is 17.5 Å². The molecule has 0 aromatic heterocycles. The Bertz CT molecular complexity index is 1230. The lowest BCUT2D eigenvalue weighted by atomic mass is 10.0. The number of benzene rings is 3. The molecule has 1 aliphatic heterocycles. The van der Waals surface area contributed by atoms with Gasteiger partial charge in [-0.05, 0) is 29.1 Å². The van der Waals surface area contributed by atoms with E-state index in [1.807, 2.05) is 30.3 Å². The van der Waals surface area contributed by atoms with Crippen LogP contribution in [0, 0.1) is 10.1 Å². The van der Waals surface area contributed by atoms with Gasteiger partial charge >= 0.3 is 0 Å². The van der Waals surface area contributed by atoms with E-state index in [9.17, 15) is 24.8 Å². The number of carbonyl (C=O) groups excluding carboxylic acids is 2. The summed E-state index contributed by atoms with van der Waals surface area (Å²) in [6.07, 6.45) is 0. The minimum atomic E-state index is -0.527. The number of nitro groups is 1. The number of aliphatic hydroxyl groups is 1. The Morgan fingerprint density at radius 1 is 0.968 bits per heavy atom. The number of nitrogens with zero attached hydrogens (tertiary/aromatic N) is 3. The van der Waals surface area contributed by atoms with Gasteiger partial charge in [-0.1, -0.05) is 36.4 Å². The van der Waals surface area contributed by atoms with Crippen LogP contribution in [-0.2, 0) is 9.59 Å². The first-order valence-corrected chi connectivity index (χ1v) is 9.61. The van der Waals surface area contributed by atoms with Crippen molar-refractivity contribution in [1.29, 1.82) is 0 Å². The van der Waals surface area contributed by atoms with Crippen LogP contribution in [-0.4, -0.2) is 46.9 Å². The van der Waals surface area contributed by atoms with E-state index in [0.717, 1.165) is 15.7 Å². The fourth-order valence-corrected chi connectivity index (χ4v) is 3.77. The van der Waals surface area contributed by atoms with E-state index >= 15 is 0 Å². The molecule has 0 aliphatic carbocycles. The average Bonchev–Trinajstić information content (AvgIpc) is 3.03. The molecular weight excluding hydrogens is 398 g/mol. The van der Waals surface area contributed by atoms with Crippen molar-refractivity contribution in [2.45, 2.75) is 0 Å². The van der Waals surface area contributed by atoms with E-state index in [1.165, 1.54) is 29.2 Å². The fraction of sp³-hybridized carbons (Fsp3) is 0.130. The highest BCUT2D eigenvalue weighted by Crippen LogP contribution is 2.37. The first-order chi connectivity index (χ1) is 14.9. The minimum Gasteiger partial charge on any atom is -0.395 e. The van der Waals surface area contributed by atoms with Gasteiger partial charge in [-0.3, -0.25) is 19.7 Å². The summed E-state index contributed by atoms with van der Waals surface area (Å²) < 4.78 is 0. The third kappa shape index (κ3) is 3.43. The smallest absolute Gasteiger partial charge is 0.282 e. The summed E-state index contributed by atoms with van der Waals surface area (Å²) in [5, 5.41) is 22.0. The molecule has 0 saturated heterocycles. The Kier molecular flexibility index (Phi) is 5.22. The molecule has 3 aromatic carbocycles. The van der Waals surface area contributed by atoms with Crippen molar-refractivity contribution in [2.75, 3.05) is 25.1 Å². The summed E-state index contributed by atoms with van der Waals surface area (Å²) in [6, 6.07) is 18.3. The molecule has 1 N–H and O–H groups in total. The van der Waals surface area contributed by atoms with E-state index < -0.39 is 16.7 Å². The van der Waals surface area contributed by atoms with E-state index in [1.54, 1.807) is 19.2 Å². The Hall–Kier alpha value is -4.04. The number of non-ortho nitro benzene ring substituents is 1. The van der Waals surface area contributed by atoms with Crippen LogP contribution in [0.2, 0.25) is 0 Å². The van der Waals surface area contributed by atoms with Crippen molar-refractivity contribution in [2.24, 2.45) is 0 Å². The molecule has 3 aromatic rings. The highest BCUT2D eigenvalue weighted by molar-refractivity contribution is 6.46. The van der Waals surface area contributed by atoms with E-state index in [0.29, 0.717) is 11.3 Å².